The zero-order valence-electron chi connectivity index (χ0n) is 20.8. The van der Waals surface area contributed by atoms with Gasteiger partial charge in [-0.1, -0.05) is 59.6 Å². The summed E-state index contributed by atoms with van der Waals surface area (Å²) in [5, 5.41) is 10.8. The summed E-state index contributed by atoms with van der Waals surface area (Å²) >= 11 is 12.2. The Bertz CT molecular complexity index is 1490. The summed E-state index contributed by atoms with van der Waals surface area (Å²) in [7, 11) is 0. The number of hydrogen-bond donors (Lipinski definition) is 0. The summed E-state index contributed by atoms with van der Waals surface area (Å²) in [4.78, 5) is 27.5. The molecular weight excluding hydrogens is 523 g/mol. The molecule has 4 rings (SSSR count). The first-order chi connectivity index (χ1) is 18.3. The largest absolute Gasteiger partial charge is 0.490 e. The molecule has 0 N–H and O–H groups in total. The summed E-state index contributed by atoms with van der Waals surface area (Å²) in [5.74, 6) is -0.106. The van der Waals surface area contributed by atoms with Crippen molar-refractivity contribution in [2.45, 2.75) is 27.0 Å². The molecule has 0 radical (unpaired) electrons. The molecule has 0 saturated carbocycles. The van der Waals surface area contributed by atoms with E-state index in [9.17, 15) is 14.9 Å². The highest BCUT2D eigenvalue weighted by Crippen LogP contribution is 2.33. The lowest BCUT2D eigenvalue weighted by atomic mass is 9.93. The fraction of sp³-hybridized carbons (Fsp3) is 0.167. The molecule has 0 unspecified atom stereocenters. The predicted molar refractivity (Wildman–Crippen MR) is 147 cm³/mol. The van der Waals surface area contributed by atoms with Crippen LogP contribution in [0.3, 0.4) is 0 Å². The molecular formula is C30H24Cl2N2O4. The zero-order chi connectivity index (χ0) is 27.2. The van der Waals surface area contributed by atoms with E-state index in [1.807, 2.05) is 25.1 Å². The smallest absolute Gasteiger partial charge is 0.271 e. The number of imide groups is 1. The Morgan fingerprint density at radius 3 is 2.37 bits per heavy atom. The molecule has 0 fully saturated rings. The number of nitrogens with zero attached hydrogens (tertiary/aromatic N) is 2. The number of carbonyl (C=O) groups is 2. The number of carbonyl (C=O) groups excluding carboxylic acids is 2. The maximum atomic E-state index is 13.5. The van der Waals surface area contributed by atoms with Crippen LogP contribution < -0.4 is 9.47 Å². The van der Waals surface area contributed by atoms with E-state index in [0.29, 0.717) is 51.5 Å². The molecule has 3 aromatic rings. The topological polar surface area (TPSA) is 79.6 Å². The first-order valence-electron chi connectivity index (χ1n) is 11.9. The number of halogens is 2. The van der Waals surface area contributed by atoms with Crippen molar-refractivity contribution in [2.24, 2.45) is 0 Å². The molecule has 2 amide bonds. The van der Waals surface area contributed by atoms with E-state index < -0.39 is 11.8 Å². The molecule has 1 aliphatic heterocycles. The normalized spacial score (nSPS) is 14.6. The highest BCUT2D eigenvalue weighted by Gasteiger charge is 2.35. The van der Waals surface area contributed by atoms with Gasteiger partial charge in [-0.3, -0.25) is 14.5 Å². The quantitative estimate of drug-likeness (QED) is 0.230. The van der Waals surface area contributed by atoms with Crippen LogP contribution in [0, 0.1) is 11.3 Å². The SMILES string of the molecule is CCOc1cc(/C=C2/C(=O)N(Cc3ccccc3Cl)C(=O)C(C#N)=C2C)ccc1OCc1ccc(Cl)cc1. The van der Waals surface area contributed by atoms with Crippen molar-refractivity contribution >= 4 is 41.1 Å². The minimum absolute atomic E-state index is 0.0468. The van der Waals surface area contributed by atoms with E-state index in [1.54, 1.807) is 67.6 Å². The third-order valence-electron chi connectivity index (χ3n) is 6.00. The Hall–Kier alpha value is -4.05. The van der Waals surface area contributed by atoms with Crippen LogP contribution in [0.15, 0.2) is 83.4 Å². The molecule has 0 bridgehead atoms. The van der Waals surface area contributed by atoms with Crippen LogP contribution in [-0.4, -0.2) is 23.3 Å². The third kappa shape index (κ3) is 5.91. The first-order valence-corrected chi connectivity index (χ1v) is 12.6. The summed E-state index contributed by atoms with van der Waals surface area (Å²) in [6.45, 7) is 4.15. The van der Waals surface area contributed by atoms with Gasteiger partial charge in [-0.05, 0) is 72.5 Å². The molecule has 6 nitrogen and oxygen atoms in total. The molecule has 0 saturated heterocycles. The van der Waals surface area contributed by atoms with E-state index in [-0.39, 0.29) is 17.7 Å². The second kappa shape index (κ2) is 12.0. The summed E-state index contributed by atoms with van der Waals surface area (Å²) < 4.78 is 11.8. The van der Waals surface area contributed by atoms with E-state index in [0.717, 1.165) is 10.5 Å². The lowest BCUT2D eigenvalue weighted by Gasteiger charge is -2.27. The monoisotopic (exact) mass is 546 g/mol. The van der Waals surface area contributed by atoms with E-state index in [4.69, 9.17) is 32.7 Å². The lowest BCUT2D eigenvalue weighted by molar-refractivity contribution is -0.141. The van der Waals surface area contributed by atoms with Gasteiger partial charge in [0.25, 0.3) is 11.8 Å². The molecule has 3 aromatic carbocycles. The number of hydrogen-bond acceptors (Lipinski definition) is 5. The van der Waals surface area contributed by atoms with Crippen molar-refractivity contribution < 1.29 is 19.1 Å². The Morgan fingerprint density at radius 1 is 0.947 bits per heavy atom. The lowest BCUT2D eigenvalue weighted by Crippen LogP contribution is -2.42. The van der Waals surface area contributed by atoms with Gasteiger partial charge < -0.3 is 9.47 Å². The van der Waals surface area contributed by atoms with Crippen LogP contribution in [0.1, 0.15) is 30.5 Å². The number of amides is 2. The predicted octanol–water partition coefficient (Wildman–Crippen LogP) is 6.76. The Morgan fingerprint density at radius 2 is 1.68 bits per heavy atom. The van der Waals surface area contributed by atoms with Crippen molar-refractivity contribution in [3.63, 3.8) is 0 Å². The first kappa shape index (κ1) is 27.0. The van der Waals surface area contributed by atoms with E-state index >= 15 is 0 Å². The maximum absolute atomic E-state index is 13.5. The average molecular weight is 547 g/mol. The molecule has 1 aliphatic rings. The Labute approximate surface area is 231 Å². The molecule has 0 spiro atoms. The fourth-order valence-electron chi connectivity index (χ4n) is 3.98. The van der Waals surface area contributed by atoms with Crippen LogP contribution in [0.25, 0.3) is 6.08 Å². The van der Waals surface area contributed by atoms with Gasteiger partial charge in [0.05, 0.1) is 13.2 Å². The molecule has 0 atom stereocenters. The van der Waals surface area contributed by atoms with Crippen molar-refractivity contribution in [3.05, 3.63) is 110 Å². The van der Waals surface area contributed by atoms with Gasteiger partial charge in [0, 0.05) is 15.6 Å². The minimum atomic E-state index is -0.645. The second-order valence-electron chi connectivity index (χ2n) is 8.51. The highest BCUT2D eigenvalue weighted by molar-refractivity contribution is 6.31. The molecule has 1 heterocycles. The third-order valence-corrected chi connectivity index (χ3v) is 6.62. The Balaban J connectivity index is 1.66. The average Bonchev–Trinajstić information content (AvgIpc) is 2.91. The van der Waals surface area contributed by atoms with Crippen molar-refractivity contribution in [2.75, 3.05) is 6.61 Å². The van der Waals surface area contributed by atoms with E-state index in [1.165, 1.54) is 0 Å². The van der Waals surface area contributed by atoms with Crippen LogP contribution in [0.5, 0.6) is 11.5 Å². The molecule has 0 aliphatic carbocycles. The van der Waals surface area contributed by atoms with Crippen molar-refractivity contribution in [3.8, 4) is 17.6 Å². The zero-order valence-corrected chi connectivity index (χ0v) is 22.3. The van der Waals surface area contributed by atoms with Gasteiger partial charge >= 0.3 is 0 Å². The number of nitriles is 1. The van der Waals surface area contributed by atoms with Gasteiger partial charge in [-0.25, -0.2) is 0 Å². The minimum Gasteiger partial charge on any atom is -0.490 e. The van der Waals surface area contributed by atoms with Gasteiger partial charge in [-0.2, -0.15) is 5.26 Å². The summed E-state index contributed by atoms with van der Waals surface area (Å²) in [6, 6.07) is 21.6. The number of rotatable bonds is 8. The van der Waals surface area contributed by atoms with Crippen LogP contribution in [-0.2, 0) is 22.7 Å². The standard InChI is InChI=1S/C30H24Cl2N2O4/c1-3-37-28-15-21(10-13-27(28)38-18-20-8-11-23(31)12-9-20)14-24-19(2)25(16-33)30(36)34(29(24)35)17-22-6-4-5-7-26(22)32/h4-15H,3,17-18H2,1-2H3/b24-14+. The molecule has 0 aromatic heterocycles. The Kier molecular flexibility index (Phi) is 8.52. The summed E-state index contributed by atoms with van der Waals surface area (Å²) in [5.41, 5.74) is 2.68. The van der Waals surface area contributed by atoms with Gasteiger partial charge in [0.2, 0.25) is 0 Å². The van der Waals surface area contributed by atoms with E-state index in [2.05, 4.69) is 0 Å². The van der Waals surface area contributed by atoms with Crippen LogP contribution >= 0.6 is 23.2 Å². The van der Waals surface area contributed by atoms with Gasteiger partial charge in [0.1, 0.15) is 18.2 Å². The fourth-order valence-corrected chi connectivity index (χ4v) is 4.30. The number of benzene rings is 3. The van der Waals surface area contributed by atoms with Crippen LogP contribution in [0.2, 0.25) is 10.0 Å². The highest BCUT2D eigenvalue weighted by atomic mass is 35.5. The maximum Gasteiger partial charge on any atom is 0.271 e. The van der Waals surface area contributed by atoms with Gasteiger partial charge in [0.15, 0.2) is 11.5 Å². The molecule has 8 heteroatoms. The summed E-state index contributed by atoms with van der Waals surface area (Å²) in [6.07, 6.45) is 1.65. The molecule has 38 heavy (non-hydrogen) atoms. The van der Waals surface area contributed by atoms with Gasteiger partial charge in [-0.15, -0.1) is 0 Å². The van der Waals surface area contributed by atoms with Crippen molar-refractivity contribution in [1.82, 2.24) is 4.90 Å². The van der Waals surface area contributed by atoms with Crippen molar-refractivity contribution in [1.29, 1.82) is 5.26 Å². The number of ether oxygens (including phenoxy) is 2. The second-order valence-corrected chi connectivity index (χ2v) is 9.36. The molecule has 192 valence electrons. The van der Waals surface area contributed by atoms with Crippen LogP contribution in [0.4, 0.5) is 0 Å².